The van der Waals surface area contributed by atoms with Gasteiger partial charge in [0, 0.05) is 18.5 Å². The van der Waals surface area contributed by atoms with Crippen molar-refractivity contribution in [2.45, 2.75) is 50.0 Å². The summed E-state index contributed by atoms with van der Waals surface area (Å²) in [5.74, 6) is 1.31. The third-order valence-corrected chi connectivity index (χ3v) is 7.03. The van der Waals surface area contributed by atoms with Crippen LogP contribution in [0, 0.1) is 0 Å². The highest BCUT2D eigenvalue weighted by Gasteiger charge is 2.32. The first-order valence-corrected chi connectivity index (χ1v) is 12.5. The zero-order chi connectivity index (χ0) is 23.7. The number of carbonyl (C=O) groups excluding carboxylic acids is 2. The van der Waals surface area contributed by atoms with Gasteiger partial charge in [-0.2, -0.15) is 0 Å². The van der Waals surface area contributed by atoms with Gasteiger partial charge in [-0.3, -0.25) is 14.2 Å². The van der Waals surface area contributed by atoms with E-state index in [1.807, 2.05) is 49.4 Å². The van der Waals surface area contributed by atoms with Crippen molar-refractivity contribution in [3.63, 3.8) is 0 Å². The second-order valence-corrected chi connectivity index (χ2v) is 9.74. The summed E-state index contributed by atoms with van der Waals surface area (Å²) in [5.41, 5.74) is 1.36. The first-order chi connectivity index (χ1) is 16.5. The lowest BCUT2D eigenvalue weighted by molar-refractivity contribution is -0.117. The maximum atomic E-state index is 13.3. The average Bonchev–Trinajstić information content (AvgIpc) is 3.59. The van der Waals surface area contributed by atoms with Gasteiger partial charge < -0.3 is 15.0 Å². The van der Waals surface area contributed by atoms with Crippen LogP contribution in [0.2, 0.25) is 5.02 Å². The van der Waals surface area contributed by atoms with E-state index >= 15 is 0 Å². The fraction of sp³-hybridized carbons (Fsp3) is 0.333. The van der Waals surface area contributed by atoms with Gasteiger partial charge in [0.1, 0.15) is 12.4 Å². The minimum Gasteiger partial charge on any atom is -0.484 e. The van der Waals surface area contributed by atoms with E-state index in [4.69, 9.17) is 16.3 Å². The molecule has 1 aromatic heterocycles. The number of nitrogens with zero attached hydrogens (tertiary/aromatic N) is 4. The van der Waals surface area contributed by atoms with Crippen LogP contribution in [0.15, 0.2) is 53.7 Å². The highest BCUT2D eigenvalue weighted by Crippen LogP contribution is 2.39. The smallest absolute Gasteiger partial charge is 0.237 e. The molecule has 10 heteroatoms. The molecule has 1 aliphatic carbocycles. The summed E-state index contributed by atoms with van der Waals surface area (Å²) < 4.78 is 7.94. The molecule has 2 amide bonds. The summed E-state index contributed by atoms with van der Waals surface area (Å²) in [4.78, 5) is 27.3. The molecule has 3 aromatic rings. The molecule has 8 nitrogen and oxygen atoms in total. The molecule has 2 heterocycles. The molecule has 176 valence electrons. The molecule has 1 saturated carbocycles. The third kappa shape index (κ3) is 4.76. The van der Waals surface area contributed by atoms with E-state index in [0.29, 0.717) is 39.2 Å². The highest BCUT2D eigenvalue weighted by atomic mass is 35.5. The molecule has 1 N–H and O–H groups in total. The lowest BCUT2D eigenvalue weighted by Crippen LogP contribution is -2.40. The number of benzene rings is 2. The standard InChI is InChI=1S/C24H24ClN5O3S/c1-15-12-22(31)26-18-7-3-4-8-19(18)29(15)23(32)14-34-24-28-27-21(30(24)16-10-11-16)13-33-20-9-5-2-6-17(20)25/h2-9,15-16H,10-14H2,1H3,(H,26,31)/t15-/m1/s1. The van der Waals surface area contributed by atoms with Gasteiger partial charge in [0.2, 0.25) is 11.8 Å². The molecule has 0 spiro atoms. The van der Waals surface area contributed by atoms with Crippen molar-refractivity contribution >= 4 is 46.6 Å². The summed E-state index contributed by atoms with van der Waals surface area (Å²) in [6.07, 6.45) is 2.33. The number of anilines is 2. The predicted octanol–water partition coefficient (Wildman–Crippen LogP) is 4.70. The minimum atomic E-state index is -0.252. The molecule has 1 aliphatic heterocycles. The van der Waals surface area contributed by atoms with Gasteiger partial charge in [0.05, 0.1) is 22.2 Å². The normalized spacial score (nSPS) is 17.6. The van der Waals surface area contributed by atoms with Crippen molar-refractivity contribution in [1.29, 1.82) is 0 Å². The van der Waals surface area contributed by atoms with Crippen molar-refractivity contribution in [2.75, 3.05) is 16.0 Å². The molecule has 5 rings (SSSR count). The molecule has 1 fully saturated rings. The van der Waals surface area contributed by atoms with Gasteiger partial charge in [-0.1, -0.05) is 47.6 Å². The van der Waals surface area contributed by atoms with Crippen LogP contribution in [0.4, 0.5) is 11.4 Å². The Labute approximate surface area is 206 Å². The lowest BCUT2D eigenvalue weighted by Gasteiger charge is -2.27. The van der Waals surface area contributed by atoms with Crippen LogP contribution < -0.4 is 15.0 Å². The molecule has 34 heavy (non-hydrogen) atoms. The van der Waals surface area contributed by atoms with E-state index in [0.717, 1.165) is 12.8 Å². The number of para-hydroxylation sites is 3. The molecule has 0 bridgehead atoms. The van der Waals surface area contributed by atoms with E-state index in [1.165, 1.54) is 11.8 Å². The van der Waals surface area contributed by atoms with E-state index in [2.05, 4.69) is 20.1 Å². The molecular formula is C24H24ClN5O3S. The molecule has 0 radical (unpaired) electrons. The Morgan fingerprint density at radius 1 is 1.18 bits per heavy atom. The third-order valence-electron chi connectivity index (χ3n) is 5.79. The fourth-order valence-electron chi connectivity index (χ4n) is 4.07. The minimum absolute atomic E-state index is 0.0827. The zero-order valence-corrected chi connectivity index (χ0v) is 20.2. The van der Waals surface area contributed by atoms with Gasteiger partial charge >= 0.3 is 0 Å². The SMILES string of the molecule is C[C@@H]1CC(=O)Nc2ccccc2N1C(=O)CSc1nnc(COc2ccccc2Cl)n1C1CC1. The Hall–Kier alpha value is -3.04. The Morgan fingerprint density at radius 3 is 2.74 bits per heavy atom. The van der Waals surface area contributed by atoms with E-state index < -0.39 is 0 Å². The lowest BCUT2D eigenvalue weighted by atomic mass is 10.2. The Kier molecular flexibility index (Phi) is 6.47. The molecule has 1 atom stereocenters. The number of nitrogens with one attached hydrogen (secondary N) is 1. The van der Waals surface area contributed by atoms with Gasteiger partial charge in [-0.25, -0.2) is 0 Å². The first-order valence-electron chi connectivity index (χ1n) is 11.2. The Morgan fingerprint density at radius 2 is 1.94 bits per heavy atom. The summed E-state index contributed by atoms with van der Waals surface area (Å²) in [7, 11) is 0. The van der Waals surface area contributed by atoms with Crippen molar-refractivity contribution in [1.82, 2.24) is 14.8 Å². The second kappa shape index (κ2) is 9.68. The summed E-state index contributed by atoms with van der Waals surface area (Å²) >= 11 is 7.56. The summed E-state index contributed by atoms with van der Waals surface area (Å²) in [6, 6.07) is 14.8. The van der Waals surface area contributed by atoms with E-state index in [1.54, 1.807) is 11.0 Å². The number of fused-ring (bicyclic) bond motifs is 1. The van der Waals surface area contributed by atoms with Crippen molar-refractivity contribution < 1.29 is 14.3 Å². The number of thioether (sulfide) groups is 1. The number of aromatic nitrogens is 3. The molecule has 2 aliphatic rings. The first kappa shape index (κ1) is 22.7. The van der Waals surface area contributed by atoms with Gasteiger partial charge in [0.25, 0.3) is 0 Å². The van der Waals surface area contributed by atoms with Crippen LogP contribution in [0.1, 0.15) is 38.1 Å². The maximum Gasteiger partial charge on any atom is 0.237 e. The van der Waals surface area contributed by atoms with Crippen molar-refractivity contribution in [3.05, 3.63) is 59.4 Å². The van der Waals surface area contributed by atoms with Gasteiger partial charge in [-0.05, 0) is 44.0 Å². The molecule has 0 unspecified atom stereocenters. The number of ether oxygens (including phenoxy) is 1. The topological polar surface area (TPSA) is 89.3 Å². The summed E-state index contributed by atoms with van der Waals surface area (Å²) in [5, 5.41) is 12.8. The number of halogens is 1. The maximum absolute atomic E-state index is 13.3. The van der Waals surface area contributed by atoms with Gasteiger partial charge in [-0.15, -0.1) is 10.2 Å². The Bertz CT molecular complexity index is 1230. The van der Waals surface area contributed by atoms with Crippen LogP contribution in [0.5, 0.6) is 5.75 Å². The van der Waals surface area contributed by atoms with Crippen LogP contribution in [-0.2, 0) is 16.2 Å². The number of hydrogen-bond acceptors (Lipinski definition) is 6. The number of hydrogen-bond donors (Lipinski definition) is 1. The van der Waals surface area contributed by atoms with Crippen LogP contribution in [0.3, 0.4) is 0 Å². The molecule has 2 aromatic carbocycles. The average molecular weight is 498 g/mol. The predicted molar refractivity (Wildman–Crippen MR) is 131 cm³/mol. The molecular weight excluding hydrogens is 474 g/mol. The monoisotopic (exact) mass is 497 g/mol. The van der Waals surface area contributed by atoms with Gasteiger partial charge in [0.15, 0.2) is 11.0 Å². The quantitative estimate of drug-likeness (QED) is 0.476. The number of amides is 2. The number of rotatable bonds is 7. The Balaban J connectivity index is 1.31. The molecule has 0 saturated heterocycles. The van der Waals surface area contributed by atoms with Crippen LogP contribution in [-0.4, -0.2) is 38.4 Å². The number of carbonyl (C=O) groups is 2. The van der Waals surface area contributed by atoms with Crippen molar-refractivity contribution in [2.24, 2.45) is 0 Å². The van der Waals surface area contributed by atoms with E-state index in [-0.39, 0.29) is 36.6 Å². The fourth-order valence-corrected chi connectivity index (χ4v) is 5.15. The second-order valence-electron chi connectivity index (χ2n) is 8.39. The largest absolute Gasteiger partial charge is 0.484 e. The van der Waals surface area contributed by atoms with Crippen molar-refractivity contribution in [3.8, 4) is 5.75 Å². The highest BCUT2D eigenvalue weighted by molar-refractivity contribution is 7.99. The summed E-state index contributed by atoms with van der Waals surface area (Å²) in [6.45, 7) is 2.13. The van der Waals surface area contributed by atoms with Crippen LogP contribution in [0.25, 0.3) is 0 Å². The van der Waals surface area contributed by atoms with E-state index in [9.17, 15) is 9.59 Å². The van der Waals surface area contributed by atoms with Crippen LogP contribution >= 0.6 is 23.4 Å². The zero-order valence-electron chi connectivity index (χ0n) is 18.6.